The van der Waals surface area contributed by atoms with E-state index in [-0.39, 0.29) is 4.90 Å². The predicted octanol–water partition coefficient (Wildman–Crippen LogP) is 0.908. The number of nitrogens with two attached hydrogens (primary N) is 1. The molecular formula is C12H14N6O2S. The Morgan fingerprint density at radius 1 is 1.38 bits per heavy atom. The molecule has 0 saturated heterocycles. The summed E-state index contributed by atoms with van der Waals surface area (Å²) >= 11 is 0. The van der Waals surface area contributed by atoms with Gasteiger partial charge in [0, 0.05) is 22.8 Å². The summed E-state index contributed by atoms with van der Waals surface area (Å²) in [6, 6.07) is 4.51. The van der Waals surface area contributed by atoms with Gasteiger partial charge in [-0.3, -0.25) is 5.10 Å². The number of aromatic amines is 2. The molecule has 2 heterocycles. The summed E-state index contributed by atoms with van der Waals surface area (Å²) in [4.78, 5) is 7.02. The van der Waals surface area contributed by atoms with Gasteiger partial charge in [0.25, 0.3) is 0 Å². The fourth-order valence-electron chi connectivity index (χ4n) is 2.12. The first-order valence-corrected chi connectivity index (χ1v) is 7.70. The molecule has 0 aliphatic rings. The fraction of sp³-hybridized carbons (Fsp3) is 0.167. The maximum absolute atomic E-state index is 12.5. The second-order valence-corrected chi connectivity index (χ2v) is 6.35. The third kappa shape index (κ3) is 2.48. The standard InChI is InChI=1S/C12H14N6O2S/c1-7(12-15-6-16-17-12)18-21(19,20)11-5-14-10-4-8(13)2-3-9(10)11/h2-7,14,18H,13H2,1H3,(H,15,16,17). The van der Waals surface area contributed by atoms with Crippen LogP contribution in [0.15, 0.2) is 35.6 Å². The largest absolute Gasteiger partial charge is 0.399 e. The number of aromatic nitrogens is 4. The number of benzene rings is 1. The number of hydrogen-bond acceptors (Lipinski definition) is 5. The van der Waals surface area contributed by atoms with Crippen molar-refractivity contribution in [2.75, 3.05) is 5.73 Å². The molecule has 21 heavy (non-hydrogen) atoms. The molecule has 1 unspecified atom stereocenters. The van der Waals surface area contributed by atoms with E-state index in [0.29, 0.717) is 22.4 Å². The number of nitrogens with zero attached hydrogens (tertiary/aromatic N) is 2. The number of nitrogens with one attached hydrogen (secondary N) is 3. The third-order valence-electron chi connectivity index (χ3n) is 3.13. The molecule has 2 aromatic heterocycles. The van der Waals surface area contributed by atoms with Gasteiger partial charge in [0.1, 0.15) is 17.0 Å². The number of hydrogen-bond donors (Lipinski definition) is 4. The van der Waals surface area contributed by atoms with Crippen LogP contribution in [0.1, 0.15) is 18.8 Å². The maximum atomic E-state index is 12.5. The lowest BCUT2D eigenvalue weighted by atomic mass is 10.2. The van der Waals surface area contributed by atoms with Gasteiger partial charge in [0.05, 0.1) is 6.04 Å². The first-order valence-electron chi connectivity index (χ1n) is 6.21. The number of rotatable bonds is 4. The van der Waals surface area contributed by atoms with Crippen molar-refractivity contribution in [2.45, 2.75) is 17.9 Å². The molecule has 0 fully saturated rings. The van der Waals surface area contributed by atoms with Crippen molar-refractivity contribution in [1.82, 2.24) is 24.9 Å². The van der Waals surface area contributed by atoms with Crippen molar-refractivity contribution in [3.63, 3.8) is 0 Å². The zero-order valence-electron chi connectivity index (χ0n) is 11.2. The van der Waals surface area contributed by atoms with Gasteiger partial charge >= 0.3 is 0 Å². The highest BCUT2D eigenvalue weighted by Crippen LogP contribution is 2.25. The summed E-state index contributed by atoms with van der Waals surface area (Å²) in [5.41, 5.74) is 6.92. The molecule has 0 bridgehead atoms. The number of anilines is 1. The summed E-state index contributed by atoms with van der Waals surface area (Å²) in [5, 5.41) is 6.93. The first kappa shape index (κ1) is 13.6. The van der Waals surface area contributed by atoms with Crippen molar-refractivity contribution in [2.24, 2.45) is 0 Å². The monoisotopic (exact) mass is 306 g/mol. The van der Waals surface area contributed by atoms with Crippen molar-refractivity contribution >= 4 is 26.6 Å². The molecule has 3 rings (SSSR count). The second-order valence-electron chi connectivity index (χ2n) is 4.67. The molecule has 0 spiro atoms. The van der Waals surface area contributed by atoms with Crippen LogP contribution in [-0.2, 0) is 10.0 Å². The minimum absolute atomic E-state index is 0.170. The van der Waals surface area contributed by atoms with Crippen molar-refractivity contribution in [3.05, 3.63) is 36.5 Å². The lowest BCUT2D eigenvalue weighted by Gasteiger charge is -2.11. The number of sulfonamides is 1. The summed E-state index contributed by atoms with van der Waals surface area (Å²) in [5.74, 6) is 0.447. The van der Waals surface area contributed by atoms with E-state index in [4.69, 9.17) is 5.73 Å². The Morgan fingerprint density at radius 2 is 2.19 bits per heavy atom. The lowest BCUT2D eigenvalue weighted by molar-refractivity contribution is 0.561. The Labute approximate surface area is 120 Å². The molecule has 0 radical (unpaired) electrons. The van der Waals surface area contributed by atoms with E-state index in [0.717, 1.165) is 0 Å². The van der Waals surface area contributed by atoms with Gasteiger partial charge in [-0.25, -0.2) is 18.1 Å². The van der Waals surface area contributed by atoms with Gasteiger partial charge in [-0.05, 0) is 25.1 Å². The third-order valence-corrected chi connectivity index (χ3v) is 4.71. The Morgan fingerprint density at radius 3 is 2.90 bits per heavy atom. The van der Waals surface area contributed by atoms with Crippen LogP contribution >= 0.6 is 0 Å². The topological polar surface area (TPSA) is 130 Å². The van der Waals surface area contributed by atoms with Crippen LogP contribution in [0.4, 0.5) is 5.69 Å². The molecule has 110 valence electrons. The number of nitrogen functional groups attached to an aromatic ring is 1. The molecule has 0 aliphatic carbocycles. The zero-order valence-corrected chi connectivity index (χ0v) is 12.0. The van der Waals surface area contributed by atoms with E-state index in [2.05, 4.69) is 24.9 Å². The zero-order chi connectivity index (χ0) is 15.0. The molecule has 5 N–H and O–H groups in total. The SMILES string of the molecule is CC(NS(=O)(=O)c1c[nH]c2cc(N)ccc12)c1ncn[nH]1. The van der Waals surface area contributed by atoms with Crippen molar-refractivity contribution < 1.29 is 8.42 Å². The molecule has 9 heteroatoms. The van der Waals surface area contributed by atoms with Crippen LogP contribution in [0.2, 0.25) is 0 Å². The summed E-state index contributed by atoms with van der Waals surface area (Å²) < 4.78 is 27.5. The van der Waals surface area contributed by atoms with Gasteiger partial charge in [0.15, 0.2) is 0 Å². The Balaban J connectivity index is 1.97. The molecule has 8 nitrogen and oxygen atoms in total. The van der Waals surface area contributed by atoms with Crippen LogP contribution in [0.25, 0.3) is 10.9 Å². The summed E-state index contributed by atoms with van der Waals surface area (Å²) in [6.07, 6.45) is 2.77. The van der Waals surface area contributed by atoms with Crippen LogP contribution in [-0.4, -0.2) is 28.6 Å². The van der Waals surface area contributed by atoms with Crippen molar-refractivity contribution in [1.29, 1.82) is 0 Å². The second kappa shape index (κ2) is 4.86. The van der Waals surface area contributed by atoms with E-state index in [1.807, 2.05) is 0 Å². The highest BCUT2D eigenvalue weighted by molar-refractivity contribution is 7.89. The Bertz CT molecular complexity index is 868. The highest BCUT2D eigenvalue weighted by atomic mass is 32.2. The summed E-state index contributed by atoms with van der Waals surface area (Å²) in [7, 11) is -3.69. The number of fused-ring (bicyclic) bond motifs is 1. The molecule has 1 atom stereocenters. The van der Waals surface area contributed by atoms with E-state index >= 15 is 0 Å². The average molecular weight is 306 g/mol. The van der Waals surface area contributed by atoms with E-state index in [1.165, 1.54) is 12.5 Å². The van der Waals surface area contributed by atoms with Gasteiger partial charge in [-0.2, -0.15) is 5.10 Å². The van der Waals surface area contributed by atoms with E-state index in [9.17, 15) is 8.42 Å². The minimum atomic E-state index is -3.69. The molecule has 0 aliphatic heterocycles. The fourth-order valence-corrected chi connectivity index (χ4v) is 3.50. The van der Waals surface area contributed by atoms with Crippen LogP contribution in [0.3, 0.4) is 0 Å². The minimum Gasteiger partial charge on any atom is -0.399 e. The summed E-state index contributed by atoms with van der Waals surface area (Å²) in [6.45, 7) is 1.69. The van der Waals surface area contributed by atoms with Gasteiger partial charge in [0.2, 0.25) is 10.0 Å². The van der Waals surface area contributed by atoms with Gasteiger partial charge in [-0.15, -0.1) is 0 Å². The Hall–Kier alpha value is -2.39. The highest BCUT2D eigenvalue weighted by Gasteiger charge is 2.23. The molecule has 1 aromatic carbocycles. The predicted molar refractivity (Wildman–Crippen MR) is 77.8 cm³/mol. The molecule has 0 amide bonds. The first-order chi connectivity index (χ1) is 9.97. The van der Waals surface area contributed by atoms with Crippen molar-refractivity contribution in [3.8, 4) is 0 Å². The van der Waals surface area contributed by atoms with E-state index < -0.39 is 16.1 Å². The molecule has 3 aromatic rings. The number of H-pyrrole nitrogens is 2. The average Bonchev–Trinajstić information content (AvgIpc) is 3.07. The van der Waals surface area contributed by atoms with Crippen LogP contribution in [0.5, 0.6) is 0 Å². The van der Waals surface area contributed by atoms with Crippen LogP contribution < -0.4 is 10.5 Å². The van der Waals surface area contributed by atoms with Gasteiger partial charge < -0.3 is 10.7 Å². The molecular weight excluding hydrogens is 292 g/mol. The lowest BCUT2D eigenvalue weighted by Crippen LogP contribution is -2.27. The maximum Gasteiger partial charge on any atom is 0.243 e. The van der Waals surface area contributed by atoms with Gasteiger partial charge in [-0.1, -0.05) is 0 Å². The van der Waals surface area contributed by atoms with Crippen LogP contribution in [0, 0.1) is 0 Å². The Kier molecular flexibility index (Phi) is 3.15. The molecule has 0 saturated carbocycles. The smallest absolute Gasteiger partial charge is 0.243 e. The quantitative estimate of drug-likeness (QED) is 0.532. The van der Waals surface area contributed by atoms with E-state index in [1.54, 1.807) is 25.1 Å². The normalized spacial score (nSPS) is 13.6.